The number of hydrogen-bond acceptors (Lipinski definition) is 2. The second-order valence-corrected chi connectivity index (χ2v) is 5.04. The van der Waals surface area contributed by atoms with Crippen LogP contribution in [0.25, 0.3) is 12.2 Å². The van der Waals surface area contributed by atoms with Crippen molar-refractivity contribution in [2.45, 2.75) is 19.8 Å². The molecule has 0 amide bonds. The summed E-state index contributed by atoms with van der Waals surface area (Å²) in [4.78, 5) is 0. The Balaban J connectivity index is 2.35. The summed E-state index contributed by atoms with van der Waals surface area (Å²) in [5.41, 5.74) is 2.85. The molecule has 0 saturated heterocycles. The maximum Gasteiger partial charge on any atom is 0.126 e. The molecule has 0 N–H and O–H groups in total. The third kappa shape index (κ3) is 3.88. The molecule has 2 aromatic carbocycles. The normalized spacial score (nSPS) is 10.9. The zero-order valence-corrected chi connectivity index (χ0v) is 13.2. The fourth-order valence-electron chi connectivity index (χ4n) is 2.40. The highest BCUT2D eigenvalue weighted by Gasteiger charge is 2.10. The van der Waals surface area contributed by atoms with Crippen molar-refractivity contribution in [3.8, 4) is 11.5 Å². The predicted octanol–water partition coefficient (Wildman–Crippen LogP) is 4.97. The van der Waals surface area contributed by atoms with Crippen LogP contribution in [0.5, 0.6) is 11.5 Å². The molecule has 0 radical (unpaired) electrons. The molecule has 0 atom stereocenters. The van der Waals surface area contributed by atoms with Gasteiger partial charge in [-0.1, -0.05) is 37.6 Å². The van der Waals surface area contributed by atoms with Crippen LogP contribution >= 0.6 is 0 Å². The van der Waals surface area contributed by atoms with Crippen molar-refractivity contribution in [2.75, 3.05) is 14.2 Å². The molecule has 2 nitrogen and oxygen atoms in total. The first-order chi connectivity index (χ1) is 10.7. The standard InChI is InChI=1S/C19H21FO2/c1-4-6-17-18(21-2)12-15(13-19(17)22-3)10-9-14-7-5-8-16(20)11-14/h5,7-13H,4,6H2,1-3H3. The molecule has 0 saturated carbocycles. The van der Waals surface area contributed by atoms with Gasteiger partial charge in [0.05, 0.1) is 14.2 Å². The van der Waals surface area contributed by atoms with E-state index in [1.54, 1.807) is 20.3 Å². The van der Waals surface area contributed by atoms with E-state index in [-0.39, 0.29) is 5.82 Å². The number of halogens is 1. The third-order valence-corrected chi connectivity index (χ3v) is 3.45. The summed E-state index contributed by atoms with van der Waals surface area (Å²) in [6, 6.07) is 10.4. The van der Waals surface area contributed by atoms with Crippen molar-refractivity contribution >= 4 is 12.2 Å². The van der Waals surface area contributed by atoms with Gasteiger partial charge in [0.1, 0.15) is 17.3 Å². The molecule has 0 aliphatic carbocycles. The number of hydrogen-bond donors (Lipinski definition) is 0. The Labute approximate surface area is 131 Å². The average molecular weight is 300 g/mol. The molecular formula is C19H21FO2. The van der Waals surface area contributed by atoms with Crippen molar-refractivity contribution < 1.29 is 13.9 Å². The van der Waals surface area contributed by atoms with Crippen LogP contribution in [0, 0.1) is 5.82 Å². The van der Waals surface area contributed by atoms with Gasteiger partial charge >= 0.3 is 0 Å². The van der Waals surface area contributed by atoms with Gasteiger partial charge in [0.25, 0.3) is 0 Å². The van der Waals surface area contributed by atoms with Crippen LogP contribution in [0.1, 0.15) is 30.0 Å². The van der Waals surface area contributed by atoms with Gasteiger partial charge in [-0.3, -0.25) is 0 Å². The maximum absolute atomic E-state index is 13.2. The molecule has 0 fully saturated rings. The summed E-state index contributed by atoms with van der Waals surface area (Å²) in [7, 11) is 3.32. The first-order valence-electron chi connectivity index (χ1n) is 7.36. The SMILES string of the molecule is CCCc1c(OC)cc(C=Cc2cccc(F)c2)cc1OC. The summed E-state index contributed by atoms with van der Waals surface area (Å²) in [6.07, 6.45) is 5.72. The Morgan fingerprint density at radius 2 is 1.59 bits per heavy atom. The largest absolute Gasteiger partial charge is 0.496 e. The van der Waals surface area contributed by atoms with E-state index >= 15 is 0 Å². The second kappa shape index (κ2) is 7.64. The van der Waals surface area contributed by atoms with E-state index in [1.807, 2.05) is 30.4 Å². The second-order valence-electron chi connectivity index (χ2n) is 5.04. The molecule has 0 aromatic heterocycles. The van der Waals surface area contributed by atoms with Crippen LogP contribution in [-0.2, 0) is 6.42 Å². The van der Waals surface area contributed by atoms with E-state index in [4.69, 9.17) is 9.47 Å². The lowest BCUT2D eigenvalue weighted by molar-refractivity contribution is 0.385. The predicted molar refractivity (Wildman–Crippen MR) is 88.9 cm³/mol. The molecule has 22 heavy (non-hydrogen) atoms. The van der Waals surface area contributed by atoms with E-state index < -0.39 is 0 Å². The molecule has 3 heteroatoms. The van der Waals surface area contributed by atoms with Crippen LogP contribution in [0.2, 0.25) is 0 Å². The van der Waals surface area contributed by atoms with E-state index in [9.17, 15) is 4.39 Å². The molecule has 116 valence electrons. The number of rotatable bonds is 6. The molecule has 2 aromatic rings. The number of benzene rings is 2. The minimum Gasteiger partial charge on any atom is -0.496 e. The summed E-state index contributed by atoms with van der Waals surface area (Å²) in [6.45, 7) is 2.12. The van der Waals surface area contributed by atoms with Gasteiger partial charge in [-0.15, -0.1) is 0 Å². The lowest BCUT2D eigenvalue weighted by atomic mass is 10.0. The molecule has 0 bridgehead atoms. The highest BCUT2D eigenvalue weighted by Crippen LogP contribution is 2.32. The van der Waals surface area contributed by atoms with Crippen molar-refractivity contribution in [3.05, 3.63) is 58.9 Å². The van der Waals surface area contributed by atoms with Crippen molar-refractivity contribution in [3.63, 3.8) is 0 Å². The first-order valence-corrected chi connectivity index (χ1v) is 7.36. The fourth-order valence-corrected chi connectivity index (χ4v) is 2.40. The van der Waals surface area contributed by atoms with Gasteiger partial charge in [0, 0.05) is 5.56 Å². The van der Waals surface area contributed by atoms with Crippen LogP contribution in [0.4, 0.5) is 4.39 Å². The van der Waals surface area contributed by atoms with E-state index in [1.165, 1.54) is 12.1 Å². The van der Waals surface area contributed by atoms with Crippen LogP contribution in [0.15, 0.2) is 36.4 Å². The minimum atomic E-state index is -0.240. The van der Waals surface area contributed by atoms with Gasteiger partial charge in [-0.05, 0) is 41.8 Å². The lowest BCUT2D eigenvalue weighted by Crippen LogP contribution is -1.97. The Kier molecular flexibility index (Phi) is 5.59. The fraction of sp³-hybridized carbons (Fsp3) is 0.263. The molecule has 0 spiro atoms. The van der Waals surface area contributed by atoms with Gasteiger partial charge in [-0.25, -0.2) is 4.39 Å². The monoisotopic (exact) mass is 300 g/mol. The van der Waals surface area contributed by atoms with Crippen LogP contribution in [-0.4, -0.2) is 14.2 Å². The Hall–Kier alpha value is -2.29. The average Bonchev–Trinajstić information content (AvgIpc) is 2.53. The maximum atomic E-state index is 13.2. The quantitative estimate of drug-likeness (QED) is 0.702. The van der Waals surface area contributed by atoms with Crippen molar-refractivity contribution in [1.82, 2.24) is 0 Å². The van der Waals surface area contributed by atoms with Gasteiger partial charge in [0.15, 0.2) is 0 Å². The molecule has 0 aliphatic rings. The Morgan fingerprint density at radius 3 is 2.14 bits per heavy atom. The highest BCUT2D eigenvalue weighted by atomic mass is 19.1. The van der Waals surface area contributed by atoms with E-state index in [0.717, 1.165) is 41.0 Å². The first kappa shape index (κ1) is 16.1. The van der Waals surface area contributed by atoms with Gasteiger partial charge in [0.2, 0.25) is 0 Å². The van der Waals surface area contributed by atoms with Gasteiger partial charge < -0.3 is 9.47 Å². The summed E-state index contributed by atoms with van der Waals surface area (Å²) < 4.78 is 24.2. The Bertz CT molecular complexity index is 637. The van der Waals surface area contributed by atoms with Crippen molar-refractivity contribution in [1.29, 1.82) is 0 Å². The summed E-state index contributed by atoms with van der Waals surface area (Å²) >= 11 is 0. The number of methoxy groups -OCH3 is 2. The van der Waals surface area contributed by atoms with Crippen molar-refractivity contribution in [2.24, 2.45) is 0 Å². The zero-order valence-electron chi connectivity index (χ0n) is 13.2. The van der Waals surface area contributed by atoms with E-state index in [2.05, 4.69) is 6.92 Å². The van der Waals surface area contributed by atoms with Crippen LogP contribution in [0.3, 0.4) is 0 Å². The summed E-state index contributed by atoms with van der Waals surface area (Å²) in [5, 5.41) is 0. The van der Waals surface area contributed by atoms with E-state index in [0.29, 0.717) is 0 Å². The lowest BCUT2D eigenvalue weighted by Gasteiger charge is -2.13. The zero-order chi connectivity index (χ0) is 15.9. The summed E-state index contributed by atoms with van der Waals surface area (Å²) in [5.74, 6) is 1.40. The van der Waals surface area contributed by atoms with Gasteiger partial charge in [-0.2, -0.15) is 0 Å². The van der Waals surface area contributed by atoms with Crippen LogP contribution < -0.4 is 9.47 Å². The molecular weight excluding hydrogens is 279 g/mol. The molecule has 0 aliphatic heterocycles. The molecule has 0 unspecified atom stereocenters. The smallest absolute Gasteiger partial charge is 0.126 e. The molecule has 0 heterocycles. The highest BCUT2D eigenvalue weighted by molar-refractivity contribution is 5.71. The Morgan fingerprint density at radius 1 is 0.955 bits per heavy atom. The minimum absolute atomic E-state index is 0.240. The third-order valence-electron chi connectivity index (χ3n) is 3.45. The topological polar surface area (TPSA) is 18.5 Å². The molecule has 2 rings (SSSR count). The number of ether oxygens (including phenoxy) is 2.